The van der Waals surface area contributed by atoms with Gasteiger partial charge in [-0.2, -0.15) is 5.10 Å². The minimum Gasteiger partial charge on any atom is -0.357 e. The third-order valence-electron chi connectivity index (χ3n) is 3.38. The molecule has 0 aliphatic heterocycles. The van der Waals surface area contributed by atoms with E-state index in [2.05, 4.69) is 36.5 Å². The van der Waals surface area contributed by atoms with E-state index in [9.17, 15) is 4.39 Å². The van der Waals surface area contributed by atoms with Gasteiger partial charge in [0.1, 0.15) is 5.82 Å². The molecular formula is C16H21FN4S. The Morgan fingerprint density at radius 1 is 1.32 bits per heavy atom. The Kier molecular flexibility index (Phi) is 5.13. The van der Waals surface area contributed by atoms with Crippen molar-refractivity contribution < 1.29 is 4.39 Å². The molecule has 4 nitrogen and oxygen atoms in total. The summed E-state index contributed by atoms with van der Waals surface area (Å²) in [5, 5.41) is 11.2. The number of nitrogens with one attached hydrogen (secondary N) is 2. The van der Waals surface area contributed by atoms with Crippen molar-refractivity contribution in [1.29, 1.82) is 0 Å². The Labute approximate surface area is 135 Å². The van der Waals surface area contributed by atoms with E-state index in [4.69, 9.17) is 12.2 Å². The van der Waals surface area contributed by atoms with Gasteiger partial charge in [-0.1, -0.05) is 20.8 Å². The van der Waals surface area contributed by atoms with Crippen LogP contribution in [0.4, 0.5) is 10.1 Å². The number of nitrogens with zero attached hydrogens (tertiary/aromatic N) is 2. The summed E-state index contributed by atoms with van der Waals surface area (Å²) in [4.78, 5) is 0. The third kappa shape index (κ3) is 4.80. The number of anilines is 1. The summed E-state index contributed by atoms with van der Waals surface area (Å²) in [6, 6.07) is 8.11. The molecule has 1 heterocycles. The Bertz CT molecular complexity index is 602. The van der Waals surface area contributed by atoms with Crippen LogP contribution in [0.5, 0.6) is 0 Å². The van der Waals surface area contributed by atoms with Crippen molar-refractivity contribution in [2.45, 2.75) is 33.4 Å². The van der Waals surface area contributed by atoms with Gasteiger partial charge in [-0.15, -0.1) is 0 Å². The molecule has 0 unspecified atom stereocenters. The van der Waals surface area contributed by atoms with Gasteiger partial charge in [0.15, 0.2) is 5.11 Å². The van der Waals surface area contributed by atoms with Gasteiger partial charge in [0.2, 0.25) is 0 Å². The minimum atomic E-state index is -0.268. The molecular weight excluding hydrogens is 299 g/mol. The first-order valence-corrected chi connectivity index (χ1v) is 7.56. The fourth-order valence-corrected chi connectivity index (χ4v) is 2.25. The largest absolute Gasteiger partial charge is 0.357 e. The van der Waals surface area contributed by atoms with E-state index in [1.807, 2.05) is 16.9 Å². The van der Waals surface area contributed by atoms with Crippen molar-refractivity contribution >= 4 is 23.0 Å². The molecule has 118 valence electrons. The fourth-order valence-electron chi connectivity index (χ4n) is 1.99. The zero-order valence-corrected chi connectivity index (χ0v) is 13.8. The Balaban J connectivity index is 2.00. The highest BCUT2D eigenvalue weighted by Crippen LogP contribution is 2.21. The highest BCUT2D eigenvalue weighted by Gasteiger charge is 2.25. The van der Waals surface area contributed by atoms with Crippen molar-refractivity contribution in [3.8, 4) is 0 Å². The zero-order valence-electron chi connectivity index (χ0n) is 13.0. The standard InChI is InChI=1S/C16H21FN4S/c1-16(2,3)14(11-21-10-4-9-18-21)20-15(22)19-13-7-5-12(17)6-8-13/h4-10,14H,11H2,1-3H3,(H2,19,20,22)/t14-/m0/s1. The smallest absolute Gasteiger partial charge is 0.171 e. The van der Waals surface area contributed by atoms with Crippen LogP contribution in [-0.2, 0) is 6.54 Å². The molecule has 0 fully saturated rings. The van der Waals surface area contributed by atoms with E-state index in [-0.39, 0.29) is 17.3 Å². The molecule has 0 aliphatic rings. The lowest BCUT2D eigenvalue weighted by Crippen LogP contribution is -2.48. The van der Waals surface area contributed by atoms with Crippen LogP contribution in [0.1, 0.15) is 20.8 Å². The molecule has 0 saturated carbocycles. The minimum absolute atomic E-state index is 0.000482. The molecule has 0 aliphatic carbocycles. The van der Waals surface area contributed by atoms with Gasteiger partial charge < -0.3 is 10.6 Å². The highest BCUT2D eigenvalue weighted by molar-refractivity contribution is 7.80. The molecule has 0 saturated heterocycles. The van der Waals surface area contributed by atoms with E-state index in [0.29, 0.717) is 11.7 Å². The molecule has 1 atom stereocenters. The summed E-state index contributed by atoms with van der Waals surface area (Å²) >= 11 is 5.36. The van der Waals surface area contributed by atoms with Crippen LogP contribution in [-0.4, -0.2) is 20.9 Å². The van der Waals surface area contributed by atoms with Gasteiger partial charge in [-0.3, -0.25) is 4.68 Å². The third-order valence-corrected chi connectivity index (χ3v) is 3.60. The maximum absolute atomic E-state index is 12.9. The van der Waals surface area contributed by atoms with Gasteiger partial charge in [-0.05, 0) is 48.0 Å². The second-order valence-electron chi connectivity index (χ2n) is 6.25. The topological polar surface area (TPSA) is 41.9 Å². The van der Waals surface area contributed by atoms with Crippen LogP contribution in [0.2, 0.25) is 0 Å². The molecule has 2 N–H and O–H groups in total. The maximum Gasteiger partial charge on any atom is 0.171 e. The van der Waals surface area contributed by atoms with E-state index < -0.39 is 0 Å². The summed E-state index contributed by atoms with van der Waals surface area (Å²) in [5.74, 6) is -0.268. The monoisotopic (exact) mass is 320 g/mol. The summed E-state index contributed by atoms with van der Waals surface area (Å²) in [7, 11) is 0. The number of hydrogen-bond donors (Lipinski definition) is 2. The lowest BCUT2D eigenvalue weighted by Gasteiger charge is -2.32. The average molecular weight is 320 g/mol. The highest BCUT2D eigenvalue weighted by atomic mass is 32.1. The van der Waals surface area contributed by atoms with E-state index in [1.165, 1.54) is 12.1 Å². The number of hydrogen-bond acceptors (Lipinski definition) is 2. The Hall–Kier alpha value is -1.95. The lowest BCUT2D eigenvalue weighted by molar-refractivity contribution is 0.262. The molecule has 0 radical (unpaired) electrons. The Morgan fingerprint density at radius 2 is 2.00 bits per heavy atom. The first kappa shape index (κ1) is 16.4. The van der Waals surface area contributed by atoms with Crippen LogP contribution in [0.3, 0.4) is 0 Å². The predicted molar refractivity (Wildman–Crippen MR) is 91.2 cm³/mol. The zero-order chi connectivity index (χ0) is 16.2. The molecule has 0 bridgehead atoms. The van der Waals surface area contributed by atoms with Crippen molar-refractivity contribution in [2.75, 3.05) is 5.32 Å². The quantitative estimate of drug-likeness (QED) is 0.847. The van der Waals surface area contributed by atoms with Gasteiger partial charge in [0.25, 0.3) is 0 Å². The summed E-state index contributed by atoms with van der Waals surface area (Å²) in [6.45, 7) is 7.15. The Morgan fingerprint density at radius 3 is 2.55 bits per heavy atom. The number of thiocarbonyl (C=S) groups is 1. The molecule has 22 heavy (non-hydrogen) atoms. The number of halogens is 1. The summed E-state index contributed by atoms with van der Waals surface area (Å²) in [5.41, 5.74) is 0.756. The fraction of sp³-hybridized carbons (Fsp3) is 0.375. The lowest BCUT2D eigenvalue weighted by atomic mass is 9.87. The first-order valence-electron chi connectivity index (χ1n) is 7.15. The van der Waals surface area contributed by atoms with Gasteiger partial charge >= 0.3 is 0 Å². The summed E-state index contributed by atoms with van der Waals surface area (Å²) in [6.07, 6.45) is 3.69. The van der Waals surface area contributed by atoms with Crippen LogP contribution in [0.15, 0.2) is 42.7 Å². The average Bonchev–Trinajstić information content (AvgIpc) is 2.92. The van der Waals surface area contributed by atoms with Gasteiger partial charge in [0, 0.05) is 18.1 Å². The van der Waals surface area contributed by atoms with Crippen molar-refractivity contribution in [1.82, 2.24) is 15.1 Å². The molecule has 0 amide bonds. The van der Waals surface area contributed by atoms with Crippen molar-refractivity contribution in [2.24, 2.45) is 5.41 Å². The number of aromatic nitrogens is 2. The second kappa shape index (κ2) is 6.87. The molecule has 2 aromatic rings. The van der Waals surface area contributed by atoms with Gasteiger partial charge in [0.05, 0.1) is 12.6 Å². The van der Waals surface area contributed by atoms with Crippen LogP contribution < -0.4 is 10.6 Å². The van der Waals surface area contributed by atoms with Crippen LogP contribution in [0, 0.1) is 11.2 Å². The number of benzene rings is 1. The second-order valence-corrected chi connectivity index (χ2v) is 6.66. The normalized spacial score (nSPS) is 12.7. The van der Waals surface area contributed by atoms with Crippen LogP contribution >= 0.6 is 12.2 Å². The molecule has 1 aromatic carbocycles. The summed E-state index contributed by atoms with van der Waals surface area (Å²) < 4.78 is 14.8. The van der Waals surface area contributed by atoms with E-state index >= 15 is 0 Å². The van der Waals surface area contributed by atoms with Gasteiger partial charge in [-0.25, -0.2) is 4.39 Å². The van der Waals surface area contributed by atoms with Crippen molar-refractivity contribution in [3.63, 3.8) is 0 Å². The maximum atomic E-state index is 12.9. The first-order chi connectivity index (χ1) is 10.3. The van der Waals surface area contributed by atoms with Crippen molar-refractivity contribution in [3.05, 3.63) is 48.5 Å². The molecule has 1 aromatic heterocycles. The van der Waals surface area contributed by atoms with E-state index in [1.54, 1.807) is 18.3 Å². The molecule has 2 rings (SSSR count). The van der Waals surface area contributed by atoms with Crippen LogP contribution in [0.25, 0.3) is 0 Å². The number of rotatable bonds is 4. The van der Waals surface area contributed by atoms with E-state index in [0.717, 1.165) is 5.69 Å². The predicted octanol–water partition coefficient (Wildman–Crippen LogP) is 3.42. The molecule has 0 spiro atoms. The molecule has 6 heteroatoms. The SMILES string of the molecule is CC(C)(C)[C@H](Cn1cccn1)NC(=S)Nc1ccc(F)cc1.